The molecule has 0 spiro atoms. The average Bonchev–Trinajstić information content (AvgIpc) is 3.91. The maximum atomic E-state index is 6.69. The largest absolute Gasteiger partial charge is 0.455 e. The Bertz CT molecular complexity index is 3920. The quantitative estimate of drug-likeness (QED) is 0.174. The van der Waals surface area contributed by atoms with Crippen LogP contribution in [0.3, 0.4) is 0 Å². The molecule has 0 aliphatic heterocycles. The first-order valence-corrected chi connectivity index (χ1v) is 20.9. The second-order valence-electron chi connectivity index (χ2n) is 15.9. The molecule has 0 N–H and O–H groups in total. The molecular weight excluding hydrogens is 757 g/mol. The Hall–Kier alpha value is -8.41. The maximum Gasteiger partial charge on any atom is 0.238 e. The Morgan fingerprint density at radius 2 is 0.903 bits per heavy atom. The lowest BCUT2D eigenvalue weighted by molar-refractivity contribution is 0.672. The third kappa shape index (κ3) is 5.25. The Kier molecular flexibility index (Phi) is 7.54. The highest BCUT2D eigenvalue weighted by atomic mass is 16.3. The molecule has 5 heteroatoms. The Morgan fingerprint density at radius 1 is 0.339 bits per heavy atom. The van der Waals surface area contributed by atoms with E-state index in [1.807, 2.05) is 18.2 Å². The third-order valence-electron chi connectivity index (χ3n) is 12.5. The molecule has 5 nitrogen and oxygen atoms in total. The van der Waals surface area contributed by atoms with E-state index < -0.39 is 0 Å². The summed E-state index contributed by atoms with van der Waals surface area (Å²) in [4.78, 5) is 16.4. The fourth-order valence-corrected chi connectivity index (χ4v) is 9.60. The first-order chi connectivity index (χ1) is 30.7. The fourth-order valence-electron chi connectivity index (χ4n) is 9.60. The monoisotopic (exact) mass is 790 g/mol. The van der Waals surface area contributed by atoms with Crippen molar-refractivity contribution in [2.45, 2.75) is 0 Å². The van der Waals surface area contributed by atoms with Gasteiger partial charge in [0.1, 0.15) is 11.2 Å². The molecule has 0 unspecified atom stereocenters. The molecule has 0 aliphatic rings. The van der Waals surface area contributed by atoms with E-state index in [-0.39, 0.29) is 0 Å². The summed E-state index contributed by atoms with van der Waals surface area (Å²) in [5.74, 6) is 1.69. The van der Waals surface area contributed by atoms with E-state index in [2.05, 4.69) is 193 Å². The molecule has 0 radical (unpaired) electrons. The topological polar surface area (TPSA) is 56.7 Å². The lowest BCUT2D eigenvalue weighted by Gasteiger charge is -2.14. The van der Waals surface area contributed by atoms with E-state index in [9.17, 15) is 0 Å². The van der Waals surface area contributed by atoms with E-state index in [0.29, 0.717) is 17.6 Å². The SMILES string of the molecule is c1ccc(-c2ccc(-c3ccccc3-c3nc(-c4cccc5oc6c7ccccc7ccc6c45)nc(-n4c5ccc6ccccc6c5c5ccc6ccccc6c54)n3)cc2)cc1. The van der Waals surface area contributed by atoms with Crippen molar-refractivity contribution in [3.8, 4) is 51.0 Å². The first kappa shape index (κ1) is 34.5. The van der Waals surface area contributed by atoms with Crippen LogP contribution in [0.1, 0.15) is 0 Å². The van der Waals surface area contributed by atoms with E-state index in [1.54, 1.807) is 0 Å². The van der Waals surface area contributed by atoms with Crippen molar-refractivity contribution in [2.75, 3.05) is 0 Å². The highest BCUT2D eigenvalue weighted by molar-refractivity contribution is 6.26. The van der Waals surface area contributed by atoms with Crippen LogP contribution < -0.4 is 0 Å². The molecule has 288 valence electrons. The number of rotatable bonds is 5. The van der Waals surface area contributed by atoms with E-state index in [4.69, 9.17) is 19.4 Å². The maximum absolute atomic E-state index is 6.69. The molecule has 13 aromatic rings. The summed E-state index contributed by atoms with van der Waals surface area (Å²) in [5, 5.41) is 11.1. The molecule has 62 heavy (non-hydrogen) atoms. The summed E-state index contributed by atoms with van der Waals surface area (Å²) in [5.41, 5.74) is 9.96. The second-order valence-corrected chi connectivity index (χ2v) is 15.9. The van der Waals surface area contributed by atoms with Crippen molar-refractivity contribution < 1.29 is 4.42 Å². The zero-order chi connectivity index (χ0) is 40.7. The highest BCUT2D eigenvalue weighted by Gasteiger charge is 2.24. The normalized spacial score (nSPS) is 11.9. The summed E-state index contributed by atoms with van der Waals surface area (Å²) in [6, 6.07) is 72.6. The summed E-state index contributed by atoms with van der Waals surface area (Å²) in [7, 11) is 0. The number of nitrogens with zero attached hydrogens (tertiary/aromatic N) is 4. The van der Waals surface area contributed by atoms with Gasteiger partial charge in [-0.25, -0.2) is 4.98 Å². The minimum Gasteiger partial charge on any atom is -0.455 e. The molecule has 3 heterocycles. The molecule has 0 saturated heterocycles. The smallest absolute Gasteiger partial charge is 0.238 e. The highest BCUT2D eigenvalue weighted by Crippen LogP contribution is 2.43. The Labute approximate surface area is 355 Å². The summed E-state index contributed by atoms with van der Waals surface area (Å²) in [6.07, 6.45) is 0. The summed E-state index contributed by atoms with van der Waals surface area (Å²) in [6.45, 7) is 0. The number of fused-ring (bicyclic) bond motifs is 12. The van der Waals surface area contributed by atoms with Gasteiger partial charge in [0.15, 0.2) is 11.6 Å². The molecule has 13 rings (SSSR count). The third-order valence-corrected chi connectivity index (χ3v) is 12.5. The van der Waals surface area contributed by atoms with Gasteiger partial charge in [-0.15, -0.1) is 0 Å². The fraction of sp³-hybridized carbons (Fsp3) is 0. The van der Waals surface area contributed by atoms with Gasteiger partial charge in [-0.1, -0.05) is 188 Å². The van der Waals surface area contributed by atoms with Gasteiger partial charge in [0.25, 0.3) is 0 Å². The van der Waals surface area contributed by atoms with Gasteiger partial charge in [-0.3, -0.25) is 4.57 Å². The average molecular weight is 791 g/mol. The lowest BCUT2D eigenvalue weighted by atomic mass is 9.96. The summed E-state index contributed by atoms with van der Waals surface area (Å²) >= 11 is 0. The number of furan rings is 1. The van der Waals surface area contributed by atoms with Crippen LogP contribution in [0.25, 0.3) is 127 Å². The first-order valence-electron chi connectivity index (χ1n) is 20.9. The van der Waals surface area contributed by atoms with Crippen LogP contribution in [0.5, 0.6) is 0 Å². The van der Waals surface area contributed by atoms with Gasteiger partial charge in [-0.2, -0.15) is 9.97 Å². The molecule has 10 aromatic carbocycles. The van der Waals surface area contributed by atoms with Crippen molar-refractivity contribution in [1.29, 1.82) is 0 Å². The van der Waals surface area contributed by atoms with Crippen LogP contribution in [-0.4, -0.2) is 19.5 Å². The predicted octanol–water partition coefficient (Wildman–Crippen LogP) is 15.0. The summed E-state index contributed by atoms with van der Waals surface area (Å²) < 4.78 is 8.95. The van der Waals surface area contributed by atoms with Gasteiger partial charge >= 0.3 is 0 Å². The van der Waals surface area contributed by atoms with Gasteiger partial charge in [0.05, 0.1) is 11.0 Å². The van der Waals surface area contributed by atoms with Crippen molar-refractivity contribution >= 4 is 76.1 Å². The molecule has 3 aromatic heterocycles. The molecule has 0 saturated carbocycles. The lowest BCUT2D eigenvalue weighted by Crippen LogP contribution is -2.07. The Balaban J connectivity index is 1.12. The van der Waals surface area contributed by atoms with Crippen molar-refractivity contribution in [3.05, 3.63) is 206 Å². The number of hydrogen-bond acceptors (Lipinski definition) is 4. The van der Waals surface area contributed by atoms with Crippen molar-refractivity contribution in [1.82, 2.24) is 19.5 Å². The second kappa shape index (κ2) is 13.6. The zero-order valence-corrected chi connectivity index (χ0v) is 33.3. The van der Waals surface area contributed by atoms with Crippen LogP contribution in [0.2, 0.25) is 0 Å². The van der Waals surface area contributed by atoms with Crippen LogP contribution >= 0.6 is 0 Å². The molecule has 0 atom stereocenters. The van der Waals surface area contributed by atoms with Crippen LogP contribution in [0, 0.1) is 0 Å². The van der Waals surface area contributed by atoms with E-state index >= 15 is 0 Å². The molecule has 0 amide bonds. The minimum atomic E-state index is 0.543. The Morgan fingerprint density at radius 3 is 1.69 bits per heavy atom. The molecular formula is C57H34N4O. The predicted molar refractivity (Wildman–Crippen MR) is 256 cm³/mol. The molecule has 0 bridgehead atoms. The van der Waals surface area contributed by atoms with Gasteiger partial charge in [0, 0.05) is 43.4 Å². The van der Waals surface area contributed by atoms with Gasteiger partial charge in [0.2, 0.25) is 5.95 Å². The molecule has 0 aliphatic carbocycles. The van der Waals surface area contributed by atoms with E-state index in [1.165, 1.54) is 21.7 Å². The van der Waals surface area contributed by atoms with Crippen LogP contribution in [-0.2, 0) is 0 Å². The van der Waals surface area contributed by atoms with Crippen LogP contribution in [0.15, 0.2) is 211 Å². The molecule has 0 fully saturated rings. The van der Waals surface area contributed by atoms with Crippen molar-refractivity contribution in [3.63, 3.8) is 0 Å². The zero-order valence-electron chi connectivity index (χ0n) is 33.3. The van der Waals surface area contributed by atoms with Gasteiger partial charge in [-0.05, 0) is 62.0 Å². The minimum absolute atomic E-state index is 0.543. The number of hydrogen-bond donors (Lipinski definition) is 0. The standard InChI is InChI=1S/C57H34N4O/c1-2-13-35(14-3-1)36-25-27-40(28-26-36)41-18-10-11-22-45(41)55-58-56(48-23-12-24-50-52(48)47-33-30-39-17-6-9-21-44(39)54(47)62-50)60-57(59-55)61-49-34-31-37-15-4-7-19-42(37)51(49)46-32-29-38-16-5-8-20-43(38)53(46)61/h1-34H. The van der Waals surface area contributed by atoms with Crippen molar-refractivity contribution in [2.24, 2.45) is 0 Å². The van der Waals surface area contributed by atoms with E-state index in [0.717, 1.165) is 87.7 Å². The number of benzene rings is 10. The van der Waals surface area contributed by atoms with Crippen LogP contribution in [0.4, 0.5) is 0 Å². The number of aromatic nitrogens is 4. The van der Waals surface area contributed by atoms with Gasteiger partial charge < -0.3 is 4.42 Å².